The van der Waals surface area contributed by atoms with Gasteiger partial charge in [-0.3, -0.25) is 9.36 Å². The van der Waals surface area contributed by atoms with Crippen LogP contribution in [0.15, 0.2) is 96.7 Å². The largest absolute Gasteiger partial charge is 0.486 e. The second-order valence-corrected chi connectivity index (χ2v) is 11.6. The molecule has 0 spiro atoms. The standard InChI is InChI=1S/C30H23Br2FN2O4S/c1-3-38-29(37)25-17(2)34-30-35(26(25)19-9-5-4-6-10-19)28(36)24(40-30)15-18-13-21(31)27(22(32)14-18)39-16-20-11-7-8-12-23(20)33/h4-15,26H,3,16H2,1-2H3/t26-/m1/s1. The molecule has 3 aromatic carbocycles. The lowest BCUT2D eigenvalue weighted by molar-refractivity contribution is -0.139. The van der Waals surface area contributed by atoms with Crippen molar-refractivity contribution in [3.8, 4) is 5.75 Å². The Morgan fingerprint density at radius 3 is 2.45 bits per heavy atom. The normalized spacial score (nSPS) is 15.0. The summed E-state index contributed by atoms with van der Waals surface area (Å²) in [5.41, 5.74) is 2.56. The second-order valence-electron chi connectivity index (χ2n) is 8.91. The zero-order chi connectivity index (χ0) is 28.4. The lowest BCUT2D eigenvalue weighted by Crippen LogP contribution is -2.39. The zero-order valence-corrected chi connectivity index (χ0v) is 25.5. The van der Waals surface area contributed by atoms with Crippen LogP contribution in [0.3, 0.4) is 0 Å². The van der Waals surface area contributed by atoms with Crippen LogP contribution in [0.2, 0.25) is 0 Å². The molecule has 2 heterocycles. The number of allylic oxidation sites excluding steroid dienone is 1. The van der Waals surface area contributed by atoms with Crippen molar-refractivity contribution in [3.05, 3.63) is 129 Å². The monoisotopic (exact) mass is 684 g/mol. The molecule has 204 valence electrons. The van der Waals surface area contributed by atoms with Gasteiger partial charge in [-0.05, 0) is 81.1 Å². The Bertz CT molecular complexity index is 1790. The lowest BCUT2D eigenvalue weighted by atomic mass is 9.96. The fourth-order valence-electron chi connectivity index (χ4n) is 4.46. The number of rotatable bonds is 7. The van der Waals surface area contributed by atoms with Gasteiger partial charge in [0, 0.05) is 5.56 Å². The van der Waals surface area contributed by atoms with Crippen molar-refractivity contribution >= 4 is 55.2 Å². The molecule has 1 aromatic heterocycles. The zero-order valence-electron chi connectivity index (χ0n) is 21.5. The molecule has 0 bridgehead atoms. The highest BCUT2D eigenvalue weighted by molar-refractivity contribution is 9.11. The summed E-state index contributed by atoms with van der Waals surface area (Å²) in [6.07, 6.45) is 1.77. The summed E-state index contributed by atoms with van der Waals surface area (Å²) in [6.45, 7) is 3.77. The third-order valence-corrected chi connectivity index (χ3v) is 8.44. The molecule has 0 aliphatic carbocycles. The Labute approximate surface area is 250 Å². The van der Waals surface area contributed by atoms with Gasteiger partial charge in [0.1, 0.15) is 18.2 Å². The highest BCUT2D eigenvalue weighted by Gasteiger charge is 2.33. The molecule has 0 amide bonds. The minimum Gasteiger partial charge on any atom is -0.486 e. The molecule has 0 N–H and O–H groups in total. The summed E-state index contributed by atoms with van der Waals surface area (Å²) in [6, 6.07) is 18.8. The minimum absolute atomic E-state index is 0.0590. The van der Waals surface area contributed by atoms with Crippen LogP contribution in [0.5, 0.6) is 5.75 Å². The first-order valence-corrected chi connectivity index (χ1v) is 14.8. The number of aromatic nitrogens is 1. The van der Waals surface area contributed by atoms with Crippen molar-refractivity contribution in [1.29, 1.82) is 0 Å². The van der Waals surface area contributed by atoms with E-state index in [2.05, 4.69) is 36.9 Å². The van der Waals surface area contributed by atoms with Gasteiger partial charge in [0.15, 0.2) is 4.80 Å². The molecule has 1 aliphatic heterocycles. The number of hydrogen-bond acceptors (Lipinski definition) is 6. The number of fused-ring (bicyclic) bond motifs is 1. The first-order valence-electron chi connectivity index (χ1n) is 12.4. The van der Waals surface area contributed by atoms with E-state index in [0.29, 0.717) is 40.9 Å². The van der Waals surface area contributed by atoms with Gasteiger partial charge in [-0.25, -0.2) is 14.2 Å². The van der Waals surface area contributed by atoms with Crippen LogP contribution in [0.25, 0.3) is 6.08 Å². The number of esters is 1. The van der Waals surface area contributed by atoms with E-state index in [4.69, 9.17) is 9.47 Å². The number of halogens is 3. The Morgan fingerprint density at radius 2 is 1.77 bits per heavy atom. The topological polar surface area (TPSA) is 69.9 Å². The van der Waals surface area contributed by atoms with Crippen molar-refractivity contribution in [2.75, 3.05) is 6.61 Å². The maximum absolute atomic E-state index is 14.0. The van der Waals surface area contributed by atoms with E-state index < -0.39 is 12.0 Å². The van der Waals surface area contributed by atoms with Crippen LogP contribution in [0.4, 0.5) is 4.39 Å². The van der Waals surface area contributed by atoms with E-state index in [0.717, 1.165) is 11.1 Å². The smallest absolute Gasteiger partial charge is 0.338 e. The van der Waals surface area contributed by atoms with Gasteiger partial charge in [-0.15, -0.1) is 0 Å². The molecule has 6 nitrogen and oxygen atoms in total. The Balaban J connectivity index is 1.55. The predicted molar refractivity (Wildman–Crippen MR) is 159 cm³/mol. The van der Waals surface area contributed by atoms with Gasteiger partial charge in [-0.1, -0.05) is 59.9 Å². The van der Waals surface area contributed by atoms with Gasteiger partial charge in [0.25, 0.3) is 5.56 Å². The molecule has 40 heavy (non-hydrogen) atoms. The van der Waals surface area contributed by atoms with Crippen LogP contribution >= 0.6 is 43.2 Å². The lowest BCUT2D eigenvalue weighted by Gasteiger charge is -2.24. The van der Waals surface area contributed by atoms with Crippen LogP contribution < -0.4 is 19.6 Å². The van der Waals surface area contributed by atoms with Crippen LogP contribution in [0, 0.1) is 5.82 Å². The summed E-state index contributed by atoms with van der Waals surface area (Å²) >= 11 is 8.33. The van der Waals surface area contributed by atoms with E-state index in [1.54, 1.807) is 42.7 Å². The van der Waals surface area contributed by atoms with Gasteiger partial charge in [-0.2, -0.15) is 0 Å². The minimum atomic E-state index is -0.661. The number of benzene rings is 3. The highest BCUT2D eigenvalue weighted by atomic mass is 79.9. The number of nitrogens with zero attached hydrogens (tertiary/aromatic N) is 2. The van der Waals surface area contributed by atoms with Crippen molar-refractivity contribution in [2.45, 2.75) is 26.5 Å². The van der Waals surface area contributed by atoms with Crippen LogP contribution in [-0.4, -0.2) is 17.1 Å². The van der Waals surface area contributed by atoms with E-state index in [9.17, 15) is 14.0 Å². The van der Waals surface area contributed by atoms with Crippen molar-refractivity contribution in [2.24, 2.45) is 4.99 Å². The van der Waals surface area contributed by atoms with Gasteiger partial charge in [0.2, 0.25) is 0 Å². The number of carbonyl (C=O) groups excluding carboxylic acids is 1. The predicted octanol–water partition coefficient (Wildman–Crippen LogP) is 6.04. The molecule has 0 fully saturated rings. The third kappa shape index (κ3) is 5.61. The molecule has 1 atom stereocenters. The quantitative estimate of drug-likeness (QED) is 0.223. The van der Waals surface area contributed by atoms with Gasteiger partial charge >= 0.3 is 5.97 Å². The Hall–Kier alpha value is -3.34. The SMILES string of the molecule is CCOC(=O)C1=C(C)N=c2sc(=Cc3cc(Br)c(OCc4ccccc4F)c(Br)c3)c(=O)n2[C@@H]1c1ccccc1. The van der Waals surface area contributed by atoms with Crippen molar-refractivity contribution in [1.82, 2.24) is 4.57 Å². The molecule has 1 aliphatic rings. The third-order valence-electron chi connectivity index (χ3n) is 6.28. The first kappa shape index (κ1) is 28.2. The van der Waals surface area contributed by atoms with E-state index in [-0.39, 0.29) is 24.6 Å². The Morgan fingerprint density at radius 1 is 1.10 bits per heavy atom. The molecule has 4 aromatic rings. The molecular weight excluding hydrogens is 663 g/mol. The molecule has 0 saturated carbocycles. The van der Waals surface area contributed by atoms with E-state index in [1.165, 1.54) is 17.4 Å². The molecule has 0 unspecified atom stereocenters. The average Bonchev–Trinajstić information content (AvgIpc) is 3.23. The van der Waals surface area contributed by atoms with E-state index >= 15 is 0 Å². The summed E-state index contributed by atoms with van der Waals surface area (Å²) in [7, 11) is 0. The van der Waals surface area contributed by atoms with Crippen LogP contribution in [0.1, 0.15) is 36.6 Å². The molecule has 0 radical (unpaired) electrons. The number of ether oxygens (including phenoxy) is 2. The molecule has 5 rings (SSSR count). The van der Waals surface area contributed by atoms with Crippen molar-refractivity contribution < 1.29 is 18.7 Å². The fourth-order valence-corrected chi connectivity index (χ4v) is 6.96. The highest BCUT2D eigenvalue weighted by Crippen LogP contribution is 2.36. The first-order chi connectivity index (χ1) is 19.3. The molecular formula is C30H23Br2FN2O4S. The maximum Gasteiger partial charge on any atom is 0.338 e. The fraction of sp³-hybridized carbons (Fsp3) is 0.167. The van der Waals surface area contributed by atoms with E-state index in [1.807, 2.05) is 42.5 Å². The average molecular weight is 686 g/mol. The molecule has 0 saturated heterocycles. The number of carbonyl (C=O) groups is 1. The molecule has 10 heteroatoms. The number of hydrogen-bond donors (Lipinski definition) is 0. The summed E-state index contributed by atoms with van der Waals surface area (Å²) in [5, 5.41) is 0. The maximum atomic E-state index is 14.0. The van der Waals surface area contributed by atoms with Crippen LogP contribution in [-0.2, 0) is 16.1 Å². The van der Waals surface area contributed by atoms with Gasteiger partial charge < -0.3 is 9.47 Å². The summed E-state index contributed by atoms with van der Waals surface area (Å²) in [5.74, 6) is -0.316. The van der Waals surface area contributed by atoms with Gasteiger partial charge in [0.05, 0.1) is 37.4 Å². The summed E-state index contributed by atoms with van der Waals surface area (Å²) < 4.78 is 28.5. The second kappa shape index (κ2) is 12.0. The number of thiazole rings is 1. The Kier molecular flexibility index (Phi) is 8.48. The van der Waals surface area contributed by atoms with Crippen molar-refractivity contribution in [3.63, 3.8) is 0 Å². The summed E-state index contributed by atoms with van der Waals surface area (Å²) in [4.78, 5) is 31.9.